The molecule has 112 valence electrons. The maximum Gasteiger partial charge on any atom is 0.119 e. The van der Waals surface area contributed by atoms with E-state index in [9.17, 15) is 10.2 Å². The lowest BCUT2D eigenvalue weighted by molar-refractivity contribution is 0.450. The largest absolute Gasteiger partial charge is 0.508 e. The number of hydrogen-bond donors (Lipinski definition) is 2. The van der Waals surface area contributed by atoms with E-state index in [-0.39, 0.29) is 17.4 Å². The number of rotatable bonds is 1. The van der Waals surface area contributed by atoms with Crippen LogP contribution in [0.1, 0.15) is 56.9 Å². The van der Waals surface area contributed by atoms with Crippen LogP contribution in [0.4, 0.5) is 0 Å². The van der Waals surface area contributed by atoms with Crippen molar-refractivity contribution < 1.29 is 10.2 Å². The maximum absolute atomic E-state index is 10.3. The van der Waals surface area contributed by atoms with Gasteiger partial charge in [0.2, 0.25) is 0 Å². The second-order valence-electron chi connectivity index (χ2n) is 6.53. The summed E-state index contributed by atoms with van der Waals surface area (Å²) in [5, 5.41) is 20.1. The van der Waals surface area contributed by atoms with Crippen molar-refractivity contribution in [3.05, 3.63) is 47.1 Å². The van der Waals surface area contributed by atoms with Crippen molar-refractivity contribution in [2.45, 2.75) is 51.4 Å². The summed E-state index contributed by atoms with van der Waals surface area (Å²) in [6, 6.07) is 4.84. The second-order valence-corrected chi connectivity index (χ2v) is 6.53. The van der Waals surface area contributed by atoms with Crippen molar-refractivity contribution in [3.8, 4) is 11.5 Å². The van der Waals surface area contributed by atoms with Gasteiger partial charge in [-0.2, -0.15) is 0 Å². The van der Waals surface area contributed by atoms with E-state index in [1.165, 1.54) is 36.5 Å². The molecule has 0 aromatic heterocycles. The van der Waals surface area contributed by atoms with Crippen molar-refractivity contribution in [2.75, 3.05) is 0 Å². The lowest BCUT2D eigenvalue weighted by Gasteiger charge is -2.29. The van der Waals surface area contributed by atoms with E-state index in [0.29, 0.717) is 5.92 Å². The fourth-order valence-corrected chi connectivity index (χ4v) is 3.87. The summed E-state index contributed by atoms with van der Waals surface area (Å²) in [6.07, 6.45) is 7.08. The molecule has 0 heterocycles. The van der Waals surface area contributed by atoms with E-state index in [1.807, 2.05) is 0 Å². The Morgan fingerprint density at radius 3 is 2.67 bits per heavy atom. The van der Waals surface area contributed by atoms with Gasteiger partial charge in [-0.3, -0.25) is 0 Å². The van der Waals surface area contributed by atoms with Crippen molar-refractivity contribution in [1.29, 1.82) is 0 Å². The van der Waals surface area contributed by atoms with Gasteiger partial charge in [0.05, 0.1) is 0 Å². The van der Waals surface area contributed by atoms with E-state index >= 15 is 0 Å². The topological polar surface area (TPSA) is 40.5 Å². The molecule has 0 radical (unpaired) electrons. The molecule has 2 atom stereocenters. The minimum Gasteiger partial charge on any atom is -0.508 e. The van der Waals surface area contributed by atoms with E-state index in [0.717, 1.165) is 24.8 Å². The average molecular weight is 284 g/mol. The molecule has 1 aromatic carbocycles. The van der Waals surface area contributed by atoms with Crippen LogP contribution in [0.15, 0.2) is 41.5 Å². The van der Waals surface area contributed by atoms with Crippen molar-refractivity contribution in [1.82, 2.24) is 0 Å². The Balaban J connectivity index is 2.14. The van der Waals surface area contributed by atoms with Gasteiger partial charge in [0.15, 0.2) is 0 Å². The predicted octanol–water partition coefficient (Wildman–Crippen LogP) is 5.04. The van der Waals surface area contributed by atoms with Gasteiger partial charge in [-0.05, 0) is 62.6 Å². The Morgan fingerprint density at radius 2 is 1.86 bits per heavy atom. The van der Waals surface area contributed by atoms with E-state index in [2.05, 4.69) is 13.5 Å². The van der Waals surface area contributed by atoms with E-state index in [1.54, 1.807) is 17.7 Å². The molecule has 2 nitrogen and oxygen atoms in total. The zero-order valence-corrected chi connectivity index (χ0v) is 12.7. The first kappa shape index (κ1) is 14.2. The highest BCUT2D eigenvalue weighted by Gasteiger charge is 2.31. The van der Waals surface area contributed by atoms with Gasteiger partial charge in [0.1, 0.15) is 11.5 Å². The molecule has 0 spiro atoms. The molecule has 0 fully saturated rings. The average Bonchev–Trinajstić information content (AvgIpc) is 2.60. The van der Waals surface area contributed by atoms with E-state index < -0.39 is 0 Å². The molecule has 0 aliphatic heterocycles. The maximum atomic E-state index is 10.3. The molecule has 0 saturated carbocycles. The van der Waals surface area contributed by atoms with Gasteiger partial charge < -0.3 is 10.2 Å². The number of phenols is 2. The van der Waals surface area contributed by atoms with Crippen LogP contribution in [0, 0.1) is 5.92 Å². The SMILES string of the molecule is C=C1C(C)CCC2=C(CCCC2)C1c1cc(O)ccc1O. The number of aromatic hydroxyl groups is 2. The van der Waals surface area contributed by atoms with Gasteiger partial charge in [0.25, 0.3) is 0 Å². The summed E-state index contributed by atoms with van der Waals surface area (Å²) in [5.41, 5.74) is 5.03. The molecule has 0 amide bonds. The Morgan fingerprint density at radius 1 is 1.10 bits per heavy atom. The normalized spacial score (nSPS) is 26.4. The van der Waals surface area contributed by atoms with Crippen LogP contribution in [0.2, 0.25) is 0 Å². The second kappa shape index (κ2) is 5.59. The molecule has 2 heteroatoms. The third-order valence-corrected chi connectivity index (χ3v) is 5.18. The lowest BCUT2D eigenvalue weighted by atomic mass is 9.76. The summed E-state index contributed by atoms with van der Waals surface area (Å²) in [6.45, 7) is 6.58. The number of hydrogen-bond acceptors (Lipinski definition) is 2. The molecular weight excluding hydrogens is 260 g/mol. The first-order valence-electron chi connectivity index (χ1n) is 7.99. The minimum absolute atomic E-state index is 0.0740. The van der Waals surface area contributed by atoms with Gasteiger partial charge in [-0.25, -0.2) is 0 Å². The third-order valence-electron chi connectivity index (χ3n) is 5.18. The van der Waals surface area contributed by atoms with Gasteiger partial charge in [0, 0.05) is 11.5 Å². The van der Waals surface area contributed by atoms with Crippen LogP contribution in [0.25, 0.3) is 0 Å². The van der Waals surface area contributed by atoms with Crippen LogP contribution in [-0.4, -0.2) is 10.2 Å². The molecule has 21 heavy (non-hydrogen) atoms. The fourth-order valence-electron chi connectivity index (χ4n) is 3.87. The lowest BCUT2D eigenvalue weighted by Crippen LogP contribution is -2.12. The molecule has 0 saturated heterocycles. The predicted molar refractivity (Wildman–Crippen MR) is 85.5 cm³/mol. The standard InChI is InChI=1S/C19H24O2/c1-12-7-8-14-5-3-4-6-16(14)19(13(12)2)17-11-15(20)9-10-18(17)21/h9-12,19-21H,2-8H2,1H3. The first-order chi connectivity index (χ1) is 10.1. The highest BCUT2D eigenvalue weighted by Crippen LogP contribution is 2.49. The number of allylic oxidation sites excluding steroid dienone is 3. The smallest absolute Gasteiger partial charge is 0.119 e. The molecule has 2 aliphatic rings. The van der Waals surface area contributed by atoms with Crippen LogP contribution >= 0.6 is 0 Å². The summed E-state index contributed by atoms with van der Waals surface area (Å²) < 4.78 is 0. The van der Waals surface area contributed by atoms with Crippen molar-refractivity contribution in [2.24, 2.45) is 5.92 Å². The summed E-state index contributed by atoms with van der Waals surface area (Å²) in [5.74, 6) is 1.00. The monoisotopic (exact) mass is 284 g/mol. The van der Waals surface area contributed by atoms with E-state index in [4.69, 9.17) is 0 Å². The first-order valence-corrected chi connectivity index (χ1v) is 7.99. The summed E-state index contributed by atoms with van der Waals surface area (Å²) >= 11 is 0. The van der Waals surface area contributed by atoms with Crippen LogP contribution < -0.4 is 0 Å². The molecule has 2 N–H and O–H groups in total. The third kappa shape index (κ3) is 2.59. The minimum atomic E-state index is 0.0740. The molecule has 1 aromatic rings. The molecule has 2 unspecified atom stereocenters. The summed E-state index contributed by atoms with van der Waals surface area (Å²) in [4.78, 5) is 0. The fraction of sp³-hybridized carbons (Fsp3) is 0.474. The molecular formula is C19H24O2. The van der Waals surface area contributed by atoms with Crippen LogP contribution in [-0.2, 0) is 0 Å². The Bertz CT molecular complexity index is 598. The Labute approximate surface area is 126 Å². The van der Waals surface area contributed by atoms with Crippen molar-refractivity contribution >= 4 is 0 Å². The molecule has 0 bridgehead atoms. The van der Waals surface area contributed by atoms with Gasteiger partial charge >= 0.3 is 0 Å². The quantitative estimate of drug-likeness (QED) is 0.560. The van der Waals surface area contributed by atoms with Crippen LogP contribution in [0.3, 0.4) is 0 Å². The number of benzene rings is 1. The zero-order chi connectivity index (χ0) is 15.0. The Kier molecular flexibility index (Phi) is 3.79. The number of phenolic OH excluding ortho intramolecular Hbond substituents is 2. The highest BCUT2D eigenvalue weighted by molar-refractivity contribution is 5.50. The molecule has 3 rings (SSSR count). The zero-order valence-electron chi connectivity index (χ0n) is 12.7. The van der Waals surface area contributed by atoms with Gasteiger partial charge in [-0.15, -0.1) is 0 Å². The highest BCUT2D eigenvalue weighted by atomic mass is 16.3. The molecule has 2 aliphatic carbocycles. The van der Waals surface area contributed by atoms with Gasteiger partial charge in [-0.1, -0.05) is 30.2 Å². The van der Waals surface area contributed by atoms with Crippen molar-refractivity contribution in [3.63, 3.8) is 0 Å². The van der Waals surface area contributed by atoms with Crippen LogP contribution in [0.5, 0.6) is 11.5 Å². The summed E-state index contributed by atoms with van der Waals surface area (Å²) in [7, 11) is 0. The Hall–Kier alpha value is -1.70.